The summed E-state index contributed by atoms with van der Waals surface area (Å²) in [6.07, 6.45) is 1.85. The molecule has 2 aromatic rings. The summed E-state index contributed by atoms with van der Waals surface area (Å²) in [5, 5.41) is 2.75. The van der Waals surface area contributed by atoms with Crippen LogP contribution in [0.5, 0.6) is 5.75 Å². The van der Waals surface area contributed by atoms with Crippen molar-refractivity contribution in [1.29, 1.82) is 0 Å². The number of benzene rings is 2. The molecule has 2 aromatic carbocycles. The van der Waals surface area contributed by atoms with Crippen molar-refractivity contribution in [2.24, 2.45) is 11.8 Å². The Morgan fingerprint density at radius 2 is 1.68 bits per heavy atom. The Morgan fingerprint density at radius 1 is 1.05 bits per heavy atom. The first-order valence-corrected chi connectivity index (χ1v) is 17.6. The van der Waals surface area contributed by atoms with E-state index in [1.165, 1.54) is 0 Å². The summed E-state index contributed by atoms with van der Waals surface area (Å²) in [6.45, 7) is 11.3. The number of fused-ring (bicyclic) bond motifs is 1. The zero-order valence-electron chi connectivity index (χ0n) is 24.9. The first kappa shape index (κ1) is 30.7. The van der Waals surface area contributed by atoms with E-state index < -0.39 is 37.3 Å². The SMILES string of the molecule is COc1ccc2c(c1)CCN(C(=O)[C@H]1C[C@@H](CC(=O)OC(C)(C)C)C1)[C@H]2C(=O)Nc1cc(F)c([Si](C)(C)C)c(F)c1. The smallest absolute Gasteiger partial charge is 0.306 e. The molecule has 7 nitrogen and oxygen atoms in total. The third kappa shape index (κ3) is 6.97. The molecule has 2 amide bonds. The maximum Gasteiger partial charge on any atom is 0.306 e. The van der Waals surface area contributed by atoms with Gasteiger partial charge in [-0.15, -0.1) is 0 Å². The molecule has 1 aliphatic heterocycles. The Balaban J connectivity index is 1.55. The number of amides is 2. The highest BCUT2D eigenvalue weighted by molar-refractivity contribution is 6.88. The van der Waals surface area contributed by atoms with Crippen molar-refractivity contribution in [3.05, 3.63) is 53.1 Å². The second-order valence-corrected chi connectivity index (χ2v) is 18.1. The van der Waals surface area contributed by atoms with Gasteiger partial charge in [0.15, 0.2) is 0 Å². The van der Waals surface area contributed by atoms with Crippen molar-refractivity contribution in [2.75, 3.05) is 19.0 Å². The number of nitrogens with one attached hydrogen (secondary N) is 1. The number of methoxy groups -OCH3 is 1. The minimum atomic E-state index is -2.29. The van der Waals surface area contributed by atoms with Crippen molar-refractivity contribution in [2.45, 2.75) is 77.7 Å². The van der Waals surface area contributed by atoms with E-state index in [2.05, 4.69) is 5.32 Å². The molecule has 1 N–H and O–H groups in total. The molecule has 2 aliphatic rings. The molecule has 0 bridgehead atoms. The van der Waals surface area contributed by atoms with Gasteiger partial charge in [0.05, 0.1) is 15.2 Å². The van der Waals surface area contributed by atoms with Crippen LogP contribution in [0.15, 0.2) is 30.3 Å². The number of carbonyl (C=O) groups is 3. The maximum absolute atomic E-state index is 14.9. The Bertz CT molecular complexity index is 1320. The van der Waals surface area contributed by atoms with Crippen molar-refractivity contribution < 1.29 is 32.6 Å². The molecule has 1 saturated carbocycles. The number of ether oxygens (including phenoxy) is 2. The van der Waals surface area contributed by atoms with Crippen LogP contribution in [0, 0.1) is 23.5 Å². The fourth-order valence-electron chi connectivity index (χ4n) is 5.78. The summed E-state index contributed by atoms with van der Waals surface area (Å²) in [4.78, 5) is 41.2. The molecule has 4 rings (SSSR count). The van der Waals surface area contributed by atoms with E-state index in [-0.39, 0.29) is 41.0 Å². The van der Waals surface area contributed by atoms with Gasteiger partial charge in [0.2, 0.25) is 5.91 Å². The Hall–Kier alpha value is -3.27. The second-order valence-electron chi connectivity index (χ2n) is 13.1. The van der Waals surface area contributed by atoms with E-state index in [0.717, 1.165) is 17.7 Å². The lowest BCUT2D eigenvalue weighted by molar-refractivity contribution is -0.159. The van der Waals surface area contributed by atoms with Crippen molar-refractivity contribution >= 4 is 36.7 Å². The summed E-state index contributed by atoms with van der Waals surface area (Å²) >= 11 is 0. The molecule has 41 heavy (non-hydrogen) atoms. The molecule has 1 fully saturated rings. The Kier molecular flexibility index (Phi) is 8.64. The Morgan fingerprint density at radius 3 is 2.24 bits per heavy atom. The summed E-state index contributed by atoms with van der Waals surface area (Å²) in [5.74, 6) is -2.01. The lowest BCUT2D eigenvalue weighted by atomic mass is 9.72. The van der Waals surface area contributed by atoms with Crippen LogP contribution in [0.25, 0.3) is 0 Å². The highest BCUT2D eigenvalue weighted by Gasteiger charge is 2.43. The number of nitrogens with zero attached hydrogens (tertiary/aromatic N) is 1. The van der Waals surface area contributed by atoms with Gasteiger partial charge in [-0.25, -0.2) is 8.78 Å². The minimum Gasteiger partial charge on any atom is -0.497 e. The van der Waals surface area contributed by atoms with Gasteiger partial charge in [-0.3, -0.25) is 14.4 Å². The quantitative estimate of drug-likeness (QED) is 0.350. The first-order chi connectivity index (χ1) is 19.1. The van der Waals surface area contributed by atoms with Crippen LogP contribution in [0.4, 0.5) is 14.5 Å². The van der Waals surface area contributed by atoms with Crippen LogP contribution < -0.4 is 15.2 Å². The second kappa shape index (κ2) is 11.5. The number of esters is 1. The molecule has 0 aromatic heterocycles. The normalized spacial score (nSPS) is 20.5. The maximum atomic E-state index is 14.9. The molecule has 222 valence electrons. The zero-order valence-corrected chi connectivity index (χ0v) is 25.9. The lowest BCUT2D eigenvalue weighted by Gasteiger charge is -2.42. The third-order valence-electron chi connectivity index (χ3n) is 7.63. The predicted octanol–water partition coefficient (Wildman–Crippen LogP) is 5.34. The number of carbonyl (C=O) groups excluding carboxylic acids is 3. The van der Waals surface area contributed by atoms with Crippen LogP contribution in [-0.4, -0.2) is 50.0 Å². The highest BCUT2D eigenvalue weighted by atomic mass is 28.3. The summed E-state index contributed by atoms with van der Waals surface area (Å²) in [7, 11) is -0.737. The standard InChI is InChI=1S/C31H40F2N2O5Si/c1-31(2,3)40-26(36)14-18-12-20(13-18)30(38)35-11-10-19-15-22(39-4)8-9-23(19)27(35)29(37)34-21-16-24(32)28(25(33)17-21)41(5,6)7/h8-9,15-18,20,27H,10-14H2,1-7H3,(H,34,37)/t18-,20+,27-/m1/s1. The number of halogens is 2. The molecule has 0 unspecified atom stereocenters. The van der Waals surface area contributed by atoms with E-state index in [0.29, 0.717) is 37.1 Å². The van der Waals surface area contributed by atoms with Crippen LogP contribution >= 0.6 is 0 Å². The van der Waals surface area contributed by atoms with Gasteiger partial charge in [-0.05, 0) is 81.3 Å². The summed E-state index contributed by atoms with van der Waals surface area (Å²) in [5.41, 5.74) is 0.950. The summed E-state index contributed by atoms with van der Waals surface area (Å²) < 4.78 is 40.6. The Labute approximate surface area is 241 Å². The van der Waals surface area contributed by atoms with E-state index >= 15 is 0 Å². The van der Waals surface area contributed by atoms with Crippen LogP contribution in [0.1, 0.15) is 57.2 Å². The van der Waals surface area contributed by atoms with Crippen LogP contribution in [0.2, 0.25) is 19.6 Å². The minimum absolute atomic E-state index is 0.00102. The van der Waals surface area contributed by atoms with Gasteiger partial charge in [-0.2, -0.15) is 0 Å². The molecule has 1 atom stereocenters. The monoisotopic (exact) mass is 586 g/mol. The predicted molar refractivity (Wildman–Crippen MR) is 156 cm³/mol. The number of anilines is 1. The third-order valence-corrected chi connectivity index (χ3v) is 9.61. The van der Waals surface area contributed by atoms with E-state index in [1.54, 1.807) is 24.1 Å². The van der Waals surface area contributed by atoms with Crippen LogP contribution in [-0.2, 0) is 25.5 Å². The average Bonchev–Trinajstić information content (AvgIpc) is 2.81. The van der Waals surface area contributed by atoms with E-state index in [4.69, 9.17) is 9.47 Å². The average molecular weight is 587 g/mol. The molecular formula is C31H40F2N2O5Si. The lowest BCUT2D eigenvalue weighted by Crippen LogP contribution is -2.50. The first-order valence-electron chi connectivity index (χ1n) is 14.1. The number of rotatable bonds is 7. The fourth-order valence-corrected chi connectivity index (χ4v) is 7.36. The topological polar surface area (TPSA) is 84.9 Å². The molecule has 0 saturated heterocycles. The highest BCUT2D eigenvalue weighted by Crippen LogP contribution is 2.41. The molecule has 10 heteroatoms. The van der Waals surface area contributed by atoms with Crippen molar-refractivity contribution in [1.82, 2.24) is 4.90 Å². The molecule has 0 spiro atoms. The van der Waals surface area contributed by atoms with Gasteiger partial charge < -0.3 is 19.7 Å². The van der Waals surface area contributed by atoms with Gasteiger partial charge in [0.25, 0.3) is 5.91 Å². The molecule has 1 heterocycles. The molecule has 0 radical (unpaired) electrons. The van der Waals surface area contributed by atoms with Gasteiger partial charge in [0.1, 0.15) is 29.0 Å². The van der Waals surface area contributed by atoms with Gasteiger partial charge in [0, 0.05) is 29.8 Å². The zero-order chi connectivity index (χ0) is 30.3. The van der Waals surface area contributed by atoms with E-state index in [1.807, 2.05) is 46.5 Å². The molecular weight excluding hydrogens is 546 g/mol. The fraction of sp³-hybridized carbons (Fsp3) is 0.516. The van der Waals surface area contributed by atoms with E-state index in [9.17, 15) is 23.2 Å². The number of hydrogen-bond donors (Lipinski definition) is 1. The largest absolute Gasteiger partial charge is 0.497 e. The van der Waals surface area contributed by atoms with Crippen LogP contribution in [0.3, 0.4) is 0 Å². The summed E-state index contributed by atoms with van der Waals surface area (Å²) in [6, 6.07) is 6.65. The van der Waals surface area contributed by atoms with Crippen molar-refractivity contribution in [3.8, 4) is 5.75 Å². The van der Waals surface area contributed by atoms with Crippen molar-refractivity contribution in [3.63, 3.8) is 0 Å². The molecule has 1 aliphatic carbocycles. The van der Waals surface area contributed by atoms with Gasteiger partial charge >= 0.3 is 5.97 Å². The van der Waals surface area contributed by atoms with Gasteiger partial charge in [-0.1, -0.05) is 25.7 Å². The number of hydrogen-bond acceptors (Lipinski definition) is 5.